The van der Waals surface area contributed by atoms with Gasteiger partial charge in [-0.05, 0) is 57.2 Å². The molecule has 8 nitrogen and oxygen atoms in total. The summed E-state index contributed by atoms with van der Waals surface area (Å²) in [4.78, 5) is 17.9. The fourth-order valence-electron chi connectivity index (χ4n) is 3.68. The second kappa shape index (κ2) is 8.22. The van der Waals surface area contributed by atoms with E-state index in [-0.39, 0.29) is 11.9 Å². The van der Waals surface area contributed by atoms with E-state index >= 15 is 0 Å². The van der Waals surface area contributed by atoms with Crippen molar-refractivity contribution in [3.05, 3.63) is 59.5 Å². The molecule has 4 rings (SSSR count). The molecule has 8 heteroatoms. The second-order valence-corrected chi connectivity index (χ2v) is 7.77. The zero-order valence-corrected chi connectivity index (χ0v) is 18.4. The summed E-state index contributed by atoms with van der Waals surface area (Å²) in [6.07, 6.45) is 1.68. The van der Waals surface area contributed by atoms with Crippen molar-refractivity contribution in [1.82, 2.24) is 29.9 Å². The van der Waals surface area contributed by atoms with Crippen molar-refractivity contribution in [2.75, 3.05) is 7.11 Å². The standard InChI is InChI=1S/C23H26N6O2/c1-14-10-16(3)29(27-14)13-15(2)25-23(30)19-11-21(17-6-8-18(31-5)9-7-17)26-22-20(19)12-24-28(22)4/h6-12,15H,13H2,1-5H3,(H,25,30)/t15-/m1/s1. The summed E-state index contributed by atoms with van der Waals surface area (Å²) in [7, 11) is 3.45. The van der Waals surface area contributed by atoms with Gasteiger partial charge in [0.25, 0.3) is 5.91 Å². The average Bonchev–Trinajstić information content (AvgIpc) is 3.28. The molecule has 1 N–H and O–H groups in total. The van der Waals surface area contributed by atoms with Crippen LogP contribution in [0.1, 0.15) is 28.7 Å². The van der Waals surface area contributed by atoms with Gasteiger partial charge < -0.3 is 10.1 Å². The Labute approximate surface area is 180 Å². The summed E-state index contributed by atoms with van der Waals surface area (Å²) in [5, 5.41) is 12.6. The molecule has 0 aliphatic rings. The van der Waals surface area contributed by atoms with Crippen molar-refractivity contribution < 1.29 is 9.53 Å². The van der Waals surface area contributed by atoms with Crippen LogP contribution in [0, 0.1) is 13.8 Å². The van der Waals surface area contributed by atoms with E-state index in [0.717, 1.165) is 28.1 Å². The molecule has 3 heterocycles. The minimum absolute atomic E-state index is 0.102. The minimum Gasteiger partial charge on any atom is -0.497 e. The monoisotopic (exact) mass is 418 g/mol. The van der Waals surface area contributed by atoms with Crippen molar-refractivity contribution in [3.63, 3.8) is 0 Å². The molecule has 0 spiro atoms. The molecule has 31 heavy (non-hydrogen) atoms. The number of nitrogens with one attached hydrogen (secondary N) is 1. The first-order chi connectivity index (χ1) is 14.9. The Hall–Kier alpha value is -3.68. The van der Waals surface area contributed by atoms with E-state index < -0.39 is 0 Å². The van der Waals surface area contributed by atoms with Crippen LogP contribution in [0.2, 0.25) is 0 Å². The van der Waals surface area contributed by atoms with E-state index in [4.69, 9.17) is 9.72 Å². The quantitative estimate of drug-likeness (QED) is 0.519. The number of amides is 1. The molecular weight excluding hydrogens is 392 g/mol. The first-order valence-corrected chi connectivity index (χ1v) is 10.1. The lowest BCUT2D eigenvalue weighted by molar-refractivity contribution is 0.0937. The topological polar surface area (TPSA) is 86.9 Å². The van der Waals surface area contributed by atoms with Crippen LogP contribution in [-0.4, -0.2) is 43.6 Å². The van der Waals surface area contributed by atoms with Gasteiger partial charge in [-0.15, -0.1) is 0 Å². The van der Waals surface area contributed by atoms with Crippen molar-refractivity contribution in [1.29, 1.82) is 0 Å². The molecule has 0 saturated heterocycles. The van der Waals surface area contributed by atoms with Crippen LogP contribution < -0.4 is 10.1 Å². The summed E-state index contributed by atoms with van der Waals surface area (Å²) < 4.78 is 8.83. The molecule has 1 atom stereocenters. The molecule has 1 amide bonds. The number of methoxy groups -OCH3 is 1. The molecule has 3 aromatic heterocycles. The Balaban J connectivity index is 1.65. The highest BCUT2D eigenvalue weighted by Crippen LogP contribution is 2.26. The Morgan fingerprint density at radius 2 is 1.94 bits per heavy atom. The number of aryl methyl sites for hydroxylation is 3. The first-order valence-electron chi connectivity index (χ1n) is 10.1. The second-order valence-electron chi connectivity index (χ2n) is 7.77. The molecule has 0 radical (unpaired) electrons. The Morgan fingerprint density at radius 1 is 1.19 bits per heavy atom. The smallest absolute Gasteiger partial charge is 0.252 e. The van der Waals surface area contributed by atoms with Gasteiger partial charge in [-0.2, -0.15) is 10.2 Å². The summed E-state index contributed by atoms with van der Waals surface area (Å²) >= 11 is 0. The number of rotatable bonds is 6. The molecule has 4 aromatic rings. The minimum atomic E-state index is -0.163. The molecule has 0 aliphatic carbocycles. The van der Waals surface area contributed by atoms with Crippen LogP contribution >= 0.6 is 0 Å². The zero-order valence-electron chi connectivity index (χ0n) is 18.4. The van der Waals surface area contributed by atoms with E-state index in [9.17, 15) is 4.79 Å². The number of pyridine rings is 1. The average molecular weight is 419 g/mol. The summed E-state index contributed by atoms with van der Waals surface area (Å²) in [6, 6.07) is 11.3. The van der Waals surface area contributed by atoms with Crippen molar-refractivity contribution >= 4 is 16.9 Å². The number of ether oxygens (including phenoxy) is 1. The fraction of sp³-hybridized carbons (Fsp3) is 0.304. The van der Waals surface area contributed by atoms with Gasteiger partial charge in [-0.1, -0.05) is 0 Å². The van der Waals surface area contributed by atoms with Gasteiger partial charge in [-0.3, -0.25) is 14.2 Å². The van der Waals surface area contributed by atoms with Gasteiger partial charge in [0.15, 0.2) is 5.65 Å². The van der Waals surface area contributed by atoms with Crippen molar-refractivity contribution in [3.8, 4) is 17.0 Å². The summed E-state index contributed by atoms with van der Waals surface area (Å²) in [6.45, 7) is 6.54. The van der Waals surface area contributed by atoms with Crippen molar-refractivity contribution in [2.45, 2.75) is 33.4 Å². The number of carbonyl (C=O) groups is 1. The van der Waals surface area contributed by atoms with Gasteiger partial charge in [0.2, 0.25) is 0 Å². The number of hydrogen-bond donors (Lipinski definition) is 1. The maximum Gasteiger partial charge on any atom is 0.252 e. The molecular formula is C23H26N6O2. The Morgan fingerprint density at radius 3 is 2.58 bits per heavy atom. The van der Waals surface area contributed by atoms with Gasteiger partial charge >= 0.3 is 0 Å². The number of carbonyl (C=O) groups excluding carboxylic acids is 1. The first kappa shape index (κ1) is 20.6. The van der Waals surface area contributed by atoms with Gasteiger partial charge in [0.1, 0.15) is 5.75 Å². The van der Waals surface area contributed by atoms with E-state index in [1.807, 2.05) is 68.9 Å². The highest BCUT2D eigenvalue weighted by atomic mass is 16.5. The Bertz CT molecular complexity index is 1240. The van der Waals surface area contributed by atoms with Gasteiger partial charge in [0, 0.05) is 24.3 Å². The largest absolute Gasteiger partial charge is 0.497 e. The summed E-state index contributed by atoms with van der Waals surface area (Å²) in [5.41, 5.74) is 4.84. The summed E-state index contributed by atoms with van der Waals surface area (Å²) in [5.74, 6) is 0.602. The van der Waals surface area contributed by atoms with E-state index in [1.54, 1.807) is 18.0 Å². The lowest BCUT2D eigenvalue weighted by Gasteiger charge is -2.16. The van der Waals surface area contributed by atoms with Crippen LogP contribution in [0.4, 0.5) is 0 Å². The van der Waals surface area contributed by atoms with Crippen LogP contribution in [-0.2, 0) is 13.6 Å². The number of nitrogens with zero attached hydrogens (tertiary/aromatic N) is 5. The predicted octanol–water partition coefficient (Wildman–Crippen LogP) is 3.28. The number of benzene rings is 1. The number of fused-ring (bicyclic) bond motifs is 1. The highest BCUT2D eigenvalue weighted by molar-refractivity contribution is 6.06. The molecule has 0 saturated carbocycles. The van der Waals surface area contributed by atoms with E-state index in [1.165, 1.54) is 0 Å². The van der Waals surface area contributed by atoms with Crippen LogP contribution in [0.3, 0.4) is 0 Å². The number of hydrogen-bond acceptors (Lipinski definition) is 5. The molecule has 0 fully saturated rings. The third-order valence-corrected chi connectivity index (χ3v) is 5.26. The maximum atomic E-state index is 13.2. The van der Waals surface area contributed by atoms with E-state index in [0.29, 0.717) is 23.4 Å². The van der Waals surface area contributed by atoms with Crippen LogP contribution in [0.25, 0.3) is 22.3 Å². The zero-order chi connectivity index (χ0) is 22.1. The van der Waals surface area contributed by atoms with Crippen LogP contribution in [0.15, 0.2) is 42.6 Å². The lowest BCUT2D eigenvalue weighted by atomic mass is 10.1. The van der Waals surface area contributed by atoms with Crippen LogP contribution in [0.5, 0.6) is 5.75 Å². The predicted molar refractivity (Wildman–Crippen MR) is 119 cm³/mol. The third-order valence-electron chi connectivity index (χ3n) is 5.26. The SMILES string of the molecule is COc1ccc(-c2cc(C(=O)N[C@H](C)Cn3nc(C)cc3C)c3cnn(C)c3n2)cc1. The molecule has 0 bridgehead atoms. The van der Waals surface area contributed by atoms with Gasteiger partial charge in [0.05, 0.1) is 42.2 Å². The molecule has 160 valence electrons. The number of aromatic nitrogens is 5. The Kier molecular flexibility index (Phi) is 5.46. The third kappa shape index (κ3) is 4.14. The van der Waals surface area contributed by atoms with Gasteiger partial charge in [-0.25, -0.2) is 4.98 Å². The fourth-order valence-corrected chi connectivity index (χ4v) is 3.68. The lowest BCUT2D eigenvalue weighted by Crippen LogP contribution is -2.36. The normalized spacial score (nSPS) is 12.2. The van der Waals surface area contributed by atoms with Crippen molar-refractivity contribution in [2.24, 2.45) is 7.05 Å². The highest BCUT2D eigenvalue weighted by Gasteiger charge is 2.19. The maximum absolute atomic E-state index is 13.2. The molecule has 0 unspecified atom stereocenters. The van der Waals surface area contributed by atoms with E-state index in [2.05, 4.69) is 15.5 Å². The molecule has 1 aromatic carbocycles. The molecule has 0 aliphatic heterocycles.